The van der Waals surface area contributed by atoms with Crippen molar-refractivity contribution in [1.29, 1.82) is 0 Å². The van der Waals surface area contributed by atoms with E-state index in [0.717, 1.165) is 0 Å². The van der Waals surface area contributed by atoms with Crippen molar-refractivity contribution in [2.75, 3.05) is 0 Å². The molecule has 0 spiro atoms. The van der Waals surface area contributed by atoms with E-state index >= 15 is 0 Å². The van der Waals surface area contributed by atoms with Crippen molar-refractivity contribution in [3.05, 3.63) is 0 Å². The van der Waals surface area contributed by atoms with Crippen LogP contribution in [0.5, 0.6) is 0 Å². The molecular formula is C4H20N4. The second-order valence-electron chi connectivity index (χ2n) is 1.41. The van der Waals surface area contributed by atoms with E-state index < -0.39 is 0 Å². The highest BCUT2D eigenvalue weighted by Crippen LogP contribution is 2.15. The van der Waals surface area contributed by atoms with E-state index in [2.05, 4.69) is 0 Å². The van der Waals surface area contributed by atoms with Gasteiger partial charge in [0.05, 0.1) is 0 Å². The quantitative estimate of drug-likeness (QED) is 0.392. The van der Waals surface area contributed by atoms with E-state index in [0.29, 0.717) is 0 Å². The van der Waals surface area contributed by atoms with Crippen LogP contribution in [0.15, 0.2) is 0 Å². The highest BCUT2D eigenvalue weighted by atomic mass is 14.0. The van der Waals surface area contributed by atoms with Gasteiger partial charge < -0.3 is 24.6 Å². The Morgan fingerprint density at radius 2 is 0.500 bits per heavy atom. The molecule has 0 bridgehead atoms. The van der Waals surface area contributed by atoms with E-state index in [4.69, 9.17) is 0 Å². The third-order valence-electron chi connectivity index (χ3n) is 1.000. The van der Waals surface area contributed by atoms with Crippen molar-refractivity contribution in [2.24, 2.45) is 0 Å². The van der Waals surface area contributed by atoms with E-state index in [-0.39, 0.29) is 24.6 Å². The first kappa shape index (κ1) is 24.9. The second kappa shape index (κ2) is 15.8. The Labute approximate surface area is 51.4 Å². The van der Waals surface area contributed by atoms with Crippen LogP contribution < -0.4 is 24.6 Å². The average molecular weight is 124 g/mol. The summed E-state index contributed by atoms with van der Waals surface area (Å²) in [5.74, 6) is 0. The van der Waals surface area contributed by atoms with Gasteiger partial charge in [-0.25, -0.2) is 0 Å². The Kier molecular flexibility index (Phi) is 49.2. The molecule has 0 aliphatic heterocycles. The molecule has 8 heavy (non-hydrogen) atoms. The maximum atomic E-state index is 1.50. The summed E-state index contributed by atoms with van der Waals surface area (Å²) < 4.78 is 0. The summed E-state index contributed by atoms with van der Waals surface area (Å²) in [5, 5.41) is 0. The van der Waals surface area contributed by atoms with E-state index in [1.807, 2.05) is 0 Å². The zero-order chi connectivity index (χ0) is 2.83. The second-order valence-corrected chi connectivity index (χ2v) is 1.41. The lowest BCUT2D eigenvalue weighted by Crippen LogP contribution is -1.85. The highest BCUT2D eigenvalue weighted by Gasteiger charge is 1.95. The maximum absolute atomic E-state index is 1.50. The van der Waals surface area contributed by atoms with Gasteiger partial charge in [-0.2, -0.15) is 0 Å². The summed E-state index contributed by atoms with van der Waals surface area (Å²) in [6.07, 6.45) is 6.00. The Balaban J connectivity index is -0.0000000200. The van der Waals surface area contributed by atoms with Crippen molar-refractivity contribution in [3.63, 3.8) is 0 Å². The number of rotatable bonds is 0. The van der Waals surface area contributed by atoms with Crippen molar-refractivity contribution in [3.8, 4) is 0 Å². The first-order valence-electron chi connectivity index (χ1n) is 2.00. The highest BCUT2D eigenvalue weighted by molar-refractivity contribution is 4.50. The predicted molar refractivity (Wildman–Crippen MR) is 38.6 cm³/mol. The van der Waals surface area contributed by atoms with Crippen LogP contribution in [-0.4, -0.2) is 0 Å². The third kappa shape index (κ3) is 9.28. The van der Waals surface area contributed by atoms with Crippen LogP contribution in [0, 0.1) is 0 Å². The fraction of sp³-hybridized carbons (Fsp3) is 1.00. The molecule has 0 saturated heterocycles. The summed E-state index contributed by atoms with van der Waals surface area (Å²) in [4.78, 5) is 0. The lowest BCUT2D eigenvalue weighted by atomic mass is 10.0. The normalized spacial score (nSPS) is 12.0. The van der Waals surface area contributed by atoms with Gasteiger partial charge in [-0.1, -0.05) is 25.7 Å². The Bertz CT molecular complexity index is 16.0. The molecule has 0 heterocycles. The molecular weight excluding hydrogens is 104 g/mol. The molecule has 0 atom stereocenters. The molecule has 0 radical (unpaired) electrons. The average Bonchev–Trinajstić information content (AvgIpc) is 0.722. The molecule has 0 amide bonds. The lowest BCUT2D eigenvalue weighted by molar-refractivity contribution is 0.504. The van der Waals surface area contributed by atoms with Gasteiger partial charge >= 0.3 is 0 Å². The third-order valence-corrected chi connectivity index (χ3v) is 1.000. The minimum Gasteiger partial charge on any atom is -0.344 e. The molecule has 1 saturated carbocycles. The summed E-state index contributed by atoms with van der Waals surface area (Å²) in [6, 6.07) is 0. The Morgan fingerprint density at radius 1 is 0.375 bits per heavy atom. The molecule has 1 aliphatic carbocycles. The fourth-order valence-corrected chi connectivity index (χ4v) is 0.250. The van der Waals surface area contributed by atoms with Gasteiger partial charge in [0.1, 0.15) is 0 Å². The van der Waals surface area contributed by atoms with E-state index in [9.17, 15) is 0 Å². The minimum absolute atomic E-state index is 0. The molecule has 1 rings (SSSR count). The maximum Gasteiger partial charge on any atom is -0.0533 e. The standard InChI is InChI=1S/C4H8.4H3N/c1-2-4-3-1;;;;/h1-4H2;4*1H3. The summed E-state index contributed by atoms with van der Waals surface area (Å²) in [5.41, 5.74) is 0. The molecule has 0 aromatic carbocycles. The molecule has 12 N–H and O–H groups in total. The molecule has 0 aromatic rings. The SMILES string of the molecule is C1CCC1.N.N.N.N. The van der Waals surface area contributed by atoms with Crippen molar-refractivity contribution < 1.29 is 0 Å². The van der Waals surface area contributed by atoms with Crippen LogP contribution in [0.1, 0.15) is 25.7 Å². The number of hydrogen-bond donors (Lipinski definition) is 4. The van der Waals surface area contributed by atoms with Gasteiger partial charge in [-0.15, -0.1) is 0 Å². The van der Waals surface area contributed by atoms with E-state index in [1.165, 1.54) is 25.7 Å². The lowest BCUT2D eigenvalue weighted by Gasteiger charge is -2.05. The molecule has 4 nitrogen and oxygen atoms in total. The predicted octanol–water partition coefficient (Wildman–Crippen LogP) is 2.21. The summed E-state index contributed by atoms with van der Waals surface area (Å²) >= 11 is 0. The summed E-state index contributed by atoms with van der Waals surface area (Å²) in [7, 11) is 0. The topological polar surface area (TPSA) is 140 Å². The fourth-order valence-electron chi connectivity index (χ4n) is 0.250. The Morgan fingerprint density at radius 3 is 0.500 bits per heavy atom. The molecule has 0 aromatic heterocycles. The van der Waals surface area contributed by atoms with Gasteiger partial charge in [0.15, 0.2) is 0 Å². The van der Waals surface area contributed by atoms with Crippen LogP contribution in [0.25, 0.3) is 0 Å². The van der Waals surface area contributed by atoms with Gasteiger partial charge in [0.25, 0.3) is 0 Å². The monoisotopic (exact) mass is 124 g/mol. The zero-order valence-electron chi connectivity index (χ0n) is 5.66. The zero-order valence-corrected chi connectivity index (χ0v) is 5.66. The van der Waals surface area contributed by atoms with Crippen LogP contribution in [0.4, 0.5) is 0 Å². The van der Waals surface area contributed by atoms with Gasteiger partial charge in [-0.3, -0.25) is 0 Å². The van der Waals surface area contributed by atoms with Crippen molar-refractivity contribution in [2.45, 2.75) is 25.7 Å². The van der Waals surface area contributed by atoms with Crippen molar-refractivity contribution in [1.82, 2.24) is 24.6 Å². The van der Waals surface area contributed by atoms with Crippen LogP contribution in [0.3, 0.4) is 0 Å². The van der Waals surface area contributed by atoms with Gasteiger partial charge in [-0.05, 0) is 0 Å². The molecule has 56 valence electrons. The first-order valence-corrected chi connectivity index (χ1v) is 2.00. The van der Waals surface area contributed by atoms with E-state index in [1.54, 1.807) is 0 Å². The van der Waals surface area contributed by atoms with Gasteiger partial charge in [0.2, 0.25) is 0 Å². The minimum atomic E-state index is 0. The first-order chi connectivity index (χ1) is 2.00. The summed E-state index contributed by atoms with van der Waals surface area (Å²) in [6.45, 7) is 0. The van der Waals surface area contributed by atoms with Crippen molar-refractivity contribution >= 4 is 0 Å². The smallest absolute Gasteiger partial charge is 0.0533 e. The van der Waals surface area contributed by atoms with Crippen LogP contribution in [-0.2, 0) is 0 Å². The Hall–Kier alpha value is -0.160. The van der Waals surface area contributed by atoms with Gasteiger partial charge in [0, 0.05) is 0 Å². The van der Waals surface area contributed by atoms with Crippen LogP contribution >= 0.6 is 0 Å². The molecule has 0 unspecified atom stereocenters. The van der Waals surface area contributed by atoms with Crippen LogP contribution in [0.2, 0.25) is 0 Å². The molecule has 1 fully saturated rings. The largest absolute Gasteiger partial charge is 0.344 e. The molecule has 4 heteroatoms. The molecule has 1 aliphatic rings. The number of hydrogen-bond acceptors (Lipinski definition) is 4.